The summed E-state index contributed by atoms with van der Waals surface area (Å²) in [6.07, 6.45) is 9.41. The fourth-order valence-corrected chi connectivity index (χ4v) is 2.40. The lowest BCUT2D eigenvalue weighted by molar-refractivity contribution is 0.607. The van der Waals surface area contributed by atoms with Gasteiger partial charge in [-0.15, -0.1) is 0 Å². The molecule has 0 aromatic heterocycles. The van der Waals surface area contributed by atoms with Crippen molar-refractivity contribution in [1.29, 1.82) is 0 Å². The van der Waals surface area contributed by atoms with Crippen LogP contribution in [0.4, 0.5) is 0 Å². The van der Waals surface area contributed by atoms with Crippen LogP contribution in [-0.2, 0) is 0 Å². The fourth-order valence-electron chi connectivity index (χ4n) is 1.60. The number of benzene rings is 1. The normalized spacial score (nSPS) is 11.1. The van der Waals surface area contributed by atoms with Crippen molar-refractivity contribution in [3.05, 3.63) is 30.3 Å². The van der Waals surface area contributed by atoms with E-state index in [0.29, 0.717) is 8.81 Å². The summed E-state index contributed by atoms with van der Waals surface area (Å²) in [4.78, 5) is 0. The third kappa shape index (κ3) is 6.85. The number of rotatable bonds is 9. The lowest BCUT2D eigenvalue weighted by Crippen LogP contribution is -1.84. The van der Waals surface area contributed by atoms with Gasteiger partial charge in [-0.2, -0.15) is 0 Å². The topological polar surface area (TPSA) is 9.23 Å². The quantitative estimate of drug-likeness (QED) is 0.433. The maximum atomic E-state index is 5.66. The first-order valence-corrected chi connectivity index (χ1v) is 7.49. The van der Waals surface area contributed by atoms with Crippen molar-refractivity contribution in [3.8, 4) is 5.75 Å². The first-order chi connectivity index (χ1) is 7.93. The predicted molar refractivity (Wildman–Crippen MR) is 73.6 cm³/mol. The maximum absolute atomic E-state index is 5.66. The van der Waals surface area contributed by atoms with Crippen LogP contribution >= 0.6 is 8.81 Å². The van der Waals surface area contributed by atoms with Gasteiger partial charge < -0.3 is 4.52 Å². The molecule has 1 aromatic rings. The van der Waals surface area contributed by atoms with Crippen molar-refractivity contribution in [2.45, 2.75) is 45.4 Å². The van der Waals surface area contributed by atoms with Gasteiger partial charge in [-0.25, -0.2) is 0 Å². The van der Waals surface area contributed by atoms with E-state index in [4.69, 9.17) is 4.52 Å². The average Bonchev–Trinajstić information content (AvgIpc) is 2.34. The lowest BCUT2D eigenvalue weighted by Gasteiger charge is -2.05. The molecule has 1 rings (SSSR count). The van der Waals surface area contributed by atoms with E-state index in [1.165, 1.54) is 44.7 Å². The molecule has 0 radical (unpaired) electrons. The summed E-state index contributed by atoms with van der Waals surface area (Å²) in [5, 5.41) is 0. The molecule has 1 atom stereocenters. The van der Waals surface area contributed by atoms with Gasteiger partial charge in [0.2, 0.25) is 0 Å². The Morgan fingerprint density at radius 1 is 0.938 bits per heavy atom. The summed E-state index contributed by atoms with van der Waals surface area (Å²) in [7, 11) is 0.622. The number of hydrogen-bond donors (Lipinski definition) is 0. The van der Waals surface area contributed by atoms with Gasteiger partial charge in [0.05, 0.1) is 8.81 Å². The van der Waals surface area contributed by atoms with E-state index in [9.17, 15) is 0 Å². The van der Waals surface area contributed by atoms with Crippen molar-refractivity contribution in [1.82, 2.24) is 0 Å². The Balaban J connectivity index is 1.89. The Morgan fingerprint density at radius 2 is 1.62 bits per heavy atom. The molecule has 0 fully saturated rings. The minimum Gasteiger partial charge on any atom is -0.477 e. The standard InChI is InChI=1S/C14H23OP/c1-2-3-4-5-6-10-13-16-15-14-11-8-7-9-12-14/h7-9,11-12,16H,2-6,10,13H2,1H3. The number of para-hydroxylation sites is 1. The molecule has 2 heteroatoms. The molecule has 0 saturated carbocycles. The largest absolute Gasteiger partial charge is 0.477 e. The molecule has 1 unspecified atom stereocenters. The smallest absolute Gasteiger partial charge is 0.122 e. The van der Waals surface area contributed by atoms with E-state index >= 15 is 0 Å². The van der Waals surface area contributed by atoms with Crippen molar-refractivity contribution >= 4 is 8.81 Å². The molecule has 1 aromatic carbocycles. The van der Waals surface area contributed by atoms with Crippen LogP contribution in [0.25, 0.3) is 0 Å². The Morgan fingerprint density at radius 3 is 2.38 bits per heavy atom. The summed E-state index contributed by atoms with van der Waals surface area (Å²) in [6.45, 7) is 2.26. The van der Waals surface area contributed by atoms with Crippen LogP contribution in [0.5, 0.6) is 5.75 Å². The van der Waals surface area contributed by atoms with Gasteiger partial charge in [0.1, 0.15) is 5.75 Å². The number of unbranched alkanes of at least 4 members (excludes halogenated alkanes) is 5. The average molecular weight is 238 g/mol. The SMILES string of the molecule is CCCCCCCCPOc1ccccc1. The van der Waals surface area contributed by atoms with Crippen molar-refractivity contribution in [2.24, 2.45) is 0 Å². The van der Waals surface area contributed by atoms with E-state index in [-0.39, 0.29) is 0 Å². The maximum Gasteiger partial charge on any atom is 0.122 e. The zero-order chi connectivity index (χ0) is 11.5. The first kappa shape index (κ1) is 13.5. The van der Waals surface area contributed by atoms with Crippen LogP contribution in [0.1, 0.15) is 45.4 Å². The minimum absolute atomic E-state index is 0.622. The molecule has 0 heterocycles. The van der Waals surface area contributed by atoms with Crippen LogP contribution in [0.3, 0.4) is 0 Å². The molecule has 0 aliphatic carbocycles. The highest BCUT2D eigenvalue weighted by molar-refractivity contribution is 7.32. The highest BCUT2D eigenvalue weighted by Crippen LogP contribution is 2.21. The van der Waals surface area contributed by atoms with Crippen LogP contribution in [0.15, 0.2) is 30.3 Å². The zero-order valence-corrected chi connectivity index (χ0v) is 11.2. The second-order valence-electron chi connectivity index (χ2n) is 4.08. The molecular weight excluding hydrogens is 215 g/mol. The molecular formula is C14H23OP. The summed E-state index contributed by atoms with van der Waals surface area (Å²) < 4.78 is 5.66. The Kier molecular flexibility index (Phi) is 8.16. The van der Waals surface area contributed by atoms with Crippen molar-refractivity contribution in [3.63, 3.8) is 0 Å². The van der Waals surface area contributed by atoms with Gasteiger partial charge in [0.25, 0.3) is 0 Å². The van der Waals surface area contributed by atoms with Gasteiger partial charge in [-0.05, 0) is 18.6 Å². The fraction of sp³-hybridized carbons (Fsp3) is 0.571. The monoisotopic (exact) mass is 238 g/mol. The van der Waals surface area contributed by atoms with Crippen molar-refractivity contribution in [2.75, 3.05) is 6.16 Å². The van der Waals surface area contributed by atoms with Crippen LogP contribution in [-0.4, -0.2) is 6.16 Å². The second-order valence-corrected chi connectivity index (χ2v) is 5.07. The molecule has 0 aliphatic heterocycles. The summed E-state index contributed by atoms with van der Waals surface area (Å²) in [6, 6.07) is 10.1. The van der Waals surface area contributed by atoms with Crippen LogP contribution in [0.2, 0.25) is 0 Å². The zero-order valence-electron chi connectivity index (χ0n) is 10.2. The van der Waals surface area contributed by atoms with Crippen LogP contribution < -0.4 is 4.52 Å². The van der Waals surface area contributed by atoms with Gasteiger partial charge in [-0.1, -0.05) is 57.2 Å². The summed E-state index contributed by atoms with van der Waals surface area (Å²) in [5.41, 5.74) is 0. The third-order valence-corrected chi connectivity index (χ3v) is 3.50. The van der Waals surface area contributed by atoms with E-state index in [1.54, 1.807) is 0 Å². The number of hydrogen-bond acceptors (Lipinski definition) is 1. The van der Waals surface area contributed by atoms with Gasteiger partial charge in [0, 0.05) is 6.16 Å². The lowest BCUT2D eigenvalue weighted by atomic mass is 10.1. The molecule has 16 heavy (non-hydrogen) atoms. The molecule has 1 nitrogen and oxygen atoms in total. The van der Waals surface area contributed by atoms with Crippen molar-refractivity contribution < 1.29 is 4.52 Å². The molecule has 0 N–H and O–H groups in total. The van der Waals surface area contributed by atoms with E-state index in [2.05, 4.69) is 6.92 Å². The summed E-state index contributed by atoms with van der Waals surface area (Å²) >= 11 is 0. The molecule has 90 valence electrons. The van der Waals surface area contributed by atoms with Gasteiger partial charge in [-0.3, -0.25) is 0 Å². The predicted octanol–water partition coefficient (Wildman–Crippen LogP) is 5.02. The van der Waals surface area contributed by atoms with E-state index < -0.39 is 0 Å². The highest BCUT2D eigenvalue weighted by Gasteiger charge is 1.93. The Hall–Kier alpha value is -0.550. The van der Waals surface area contributed by atoms with E-state index in [0.717, 1.165) is 5.75 Å². The molecule has 0 bridgehead atoms. The van der Waals surface area contributed by atoms with Gasteiger partial charge in [0.15, 0.2) is 0 Å². The van der Waals surface area contributed by atoms with E-state index in [1.807, 2.05) is 30.3 Å². The molecule has 0 saturated heterocycles. The molecule has 0 aliphatic rings. The first-order valence-electron chi connectivity index (χ1n) is 6.38. The van der Waals surface area contributed by atoms with Crippen LogP contribution in [0, 0.1) is 0 Å². The minimum atomic E-state index is 0.622. The second kappa shape index (κ2) is 9.66. The Labute approximate surface area is 101 Å². The molecule has 0 spiro atoms. The highest BCUT2D eigenvalue weighted by atomic mass is 31.1. The molecule has 0 amide bonds. The summed E-state index contributed by atoms with van der Waals surface area (Å²) in [5.74, 6) is 1.01. The third-order valence-electron chi connectivity index (χ3n) is 2.57. The van der Waals surface area contributed by atoms with Gasteiger partial charge >= 0.3 is 0 Å². The Bertz CT molecular complexity index is 248.